The second-order valence-corrected chi connectivity index (χ2v) is 4.18. The Hall–Kier alpha value is -2.15. The van der Waals surface area contributed by atoms with E-state index in [1.165, 1.54) is 25.3 Å². The summed E-state index contributed by atoms with van der Waals surface area (Å²) in [5.41, 5.74) is 0.527. The van der Waals surface area contributed by atoms with Crippen molar-refractivity contribution in [1.29, 1.82) is 0 Å². The minimum atomic E-state index is -0.952. The molecular formula is C12H16N2O5. The smallest absolute Gasteiger partial charge is 0.320 e. The van der Waals surface area contributed by atoms with E-state index >= 15 is 0 Å². The number of nitrogens with zero attached hydrogens (tertiary/aromatic N) is 2. The summed E-state index contributed by atoms with van der Waals surface area (Å²) in [6.45, 7) is 1.80. The molecular weight excluding hydrogens is 252 g/mol. The van der Waals surface area contributed by atoms with E-state index in [2.05, 4.69) is 0 Å². The van der Waals surface area contributed by atoms with Crippen molar-refractivity contribution in [2.24, 2.45) is 0 Å². The molecule has 0 bridgehead atoms. The Bertz CT molecular complexity index is 489. The molecule has 0 aromatic heterocycles. The van der Waals surface area contributed by atoms with Crippen LogP contribution >= 0.6 is 0 Å². The number of non-ortho nitro benzene ring substituents is 1. The predicted molar refractivity (Wildman–Crippen MR) is 68.2 cm³/mol. The summed E-state index contributed by atoms with van der Waals surface area (Å²) < 4.78 is 5.12. The number of carbonyl (C=O) groups is 1. The van der Waals surface area contributed by atoms with E-state index in [0.717, 1.165) is 0 Å². The number of hydrogen-bond donors (Lipinski definition) is 1. The Labute approximate surface area is 110 Å². The van der Waals surface area contributed by atoms with Gasteiger partial charge in [0.2, 0.25) is 0 Å². The van der Waals surface area contributed by atoms with Crippen molar-refractivity contribution in [3.63, 3.8) is 0 Å². The molecule has 0 aliphatic heterocycles. The maximum absolute atomic E-state index is 10.9. The van der Waals surface area contributed by atoms with Crippen molar-refractivity contribution in [2.45, 2.75) is 19.5 Å². The summed E-state index contributed by atoms with van der Waals surface area (Å²) in [4.78, 5) is 22.7. The van der Waals surface area contributed by atoms with E-state index in [4.69, 9.17) is 9.84 Å². The minimum Gasteiger partial charge on any atom is -0.496 e. The van der Waals surface area contributed by atoms with Gasteiger partial charge in [0, 0.05) is 24.2 Å². The van der Waals surface area contributed by atoms with Crippen LogP contribution in [0.2, 0.25) is 0 Å². The maximum Gasteiger partial charge on any atom is 0.320 e. The first-order valence-electron chi connectivity index (χ1n) is 5.61. The molecule has 104 valence electrons. The van der Waals surface area contributed by atoms with Crippen molar-refractivity contribution in [3.05, 3.63) is 33.9 Å². The molecule has 0 heterocycles. The van der Waals surface area contributed by atoms with Gasteiger partial charge in [-0.1, -0.05) is 0 Å². The lowest BCUT2D eigenvalue weighted by molar-refractivity contribution is -0.384. The molecule has 0 aliphatic carbocycles. The number of benzene rings is 1. The van der Waals surface area contributed by atoms with E-state index in [-0.39, 0.29) is 12.2 Å². The average molecular weight is 268 g/mol. The Kier molecular flexibility index (Phi) is 4.82. The van der Waals surface area contributed by atoms with Gasteiger partial charge in [0.1, 0.15) is 11.8 Å². The molecule has 7 nitrogen and oxygen atoms in total. The zero-order valence-corrected chi connectivity index (χ0v) is 11.0. The first-order valence-corrected chi connectivity index (χ1v) is 5.61. The molecule has 0 radical (unpaired) electrons. The SMILES string of the molecule is COc1ccc([N+](=O)[O-])cc1CN(C)C(C)C(=O)O. The van der Waals surface area contributed by atoms with Gasteiger partial charge >= 0.3 is 5.97 Å². The van der Waals surface area contributed by atoms with Crippen molar-refractivity contribution >= 4 is 11.7 Å². The Morgan fingerprint density at radius 1 is 1.58 bits per heavy atom. The normalized spacial score (nSPS) is 12.2. The fourth-order valence-electron chi connectivity index (χ4n) is 1.60. The van der Waals surface area contributed by atoms with Crippen LogP contribution in [0.5, 0.6) is 5.75 Å². The first kappa shape index (κ1) is 14.9. The van der Waals surface area contributed by atoms with E-state index in [0.29, 0.717) is 11.3 Å². The maximum atomic E-state index is 10.9. The highest BCUT2D eigenvalue weighted by Crippen LogP contribution is 2.25. The highest BCUT2D eigenvalue weighted by atomic mass is 16.6. The monoisotopic (exact) mass is 268 g/mol. The number of carboxylic acids is 1. The van der Waals surface area contributed by atoms with Crippen LogP contribution < -0.4 is 4.74 Å². The fourth-order valence-corrected chi connectivity index (χ4v) is 1.60. The molecule has 0 aliphatic rings. The molecule has 1 rings (SSSR count). The molecule has 1 atom stereocenters. The topological polar surface area (TPSA) is 92.9 Å². The summed E-state index contributed by atoms with van der Waals surface area (Å²) in [6, 6.07) is 3.56. The molecule has 0 fully saturated rings. The van der Waals surface area contributed by atoms with Gasteiger partial charge in [-0.05, 0) is 20.0 Å². The van der Waals surface area contributed by atoms with Gasteiger partial charge in [0.15, 0.2) is 0 Å². The number of likely N-dealkylation sites (N-methyl/N-ethyl adjacent to an activating group) is 1. The number of carboxylic acid groups (broad SMARTS) is 1. The first-order chi connectivity index (χ1) is 8.86. The number of nitro benzene ring substituents is 1. The number of ether oxygens (including phenoxy) is 1. The van der Waals surface area contributed by atoms with Crippen LogP contribution in [0.25, 0.3) is 0 Å². The molecule has 0 saturated carbocycles. The molecule has 0 amide bonds. The largest absolute Gasteiger partial charge is 0.496 e. The highest BCUT2D eigenvalue weighted by molar-refractivity contribution is 5.72. The number of aliphatic carboxylic acids is 1. The third kappa shape index (κ3) is 3.65. The molecule has 1 N–H and O–H groups in total. The van der Waals surface area contributed by atoms with Crippen LogP contribution in [0.15, 0.2) is 18.2 Å². The van der Waals surface area contributed by atoms with Gasteiger partial charge < -0.3 is 9.84 Å². The molecule has 7 heteroatoms. The Morgan fingerprint density at radius 3 is 2.68 bits per heavy atom. The van der Waals surface area contributed by atoms with Crippen LogP contribution in [0.1, 0.15) is 12.5 Å². The van der Waals surface area contributed by atoms with Gasteiger partial charge in [-0.15, -0.1) is 0 Å². The summed E-state index contributed by atoms with van der Waals surface area (Å²) in [7, 11) is 3.10. The number of rotatable bonds is 6. The van der Waals surface area contributed by atoms with E-state index < -0.39 is 16.9 Å². The fraction of sp³-hybridized carbons (Fsp3) is 0.417. The number of methoxy groups -OCH3 is 1. The molecule has 19 heavy (non-hydrogen) atoms. The van der Waals surface area contributed by atoms with Crippen LogP contribution in [0.3, 0.4) is 0 Å². The van der Waals surface area contributed by atoms with E-state index in [1.807, 2.05) is 0 Å². The number of nitro groups is 1. The van der Waals surface area contributed by atoms with Crippen LogP contribution in [-0.4, -0.2) is 41.1 Å². The summed E-state index contributed by atoms with van der Waals surface area (Å²) in [5.74, 6) is -0.457. The van der Waals surface area contributed by atoms with Gasteiger partial charge in [0.25, 0.3) is 5.69 Å². The molecule has 0 spiro atoms. The van der Waals surface area contributed by atoms with Crippen molar-refractivity contribution < 1.29 is 19.6 Å². The lowest BCUT2D eigenvalue weighted by atomic mass is 10.1. The zero-order valence-electron chi connectivity index (χ0n) is 11.0. The molecule has 1 unspecified atom stereocenters. The predicted octanol–water partition coefficient (Wildman–Crippen LogP) is 1.51. The molecule has 1 aromatic carbocycles. The average Bonchev–Trinajstić information content (AvgIpc) is 2.37. The summed E-state index contributed by atoms with van der Waals surface area (Å²) >= 11 is 0. The van der Waals surface area contributed by atoms with Crippen LogP contribution in [0, 0.1) is 10.1 Å². The zero-order chi connectivity index (χ0) is 14.6. The standard InChI is InChI=1S/C12H16N2O5/c1-8(12(15)16)13(2)7-9-6-10(14(17)18)4-5-11(9)19-3/h4-6,8H,7H2,1-3H3,(H,15,16). The number of hydrogen-bond acceptors (Lipinski definition) is 5. The Morgan fingerprint density at radius 2 is 2.21 bits per heavy atom. The summed E-state index contributed by atoms with van der Waals surface area (Å²) in [5, 5.41) is 19.7. The van der Waals surface area contributed by atoms with Gasteiger partial charge in [-0.3, -0.25) is 19.8 Å². The lowest BCUT2D eigenvalue weighted by Gasteiger charge is -2.22. The third-order valence-electron chi connectivity index (χ3n) is 2.91. The van der Waals surface area contributed by atoms with Crippen LogP contribution in [-0.2, 0) is 11.3 Å². The van der Waals surface area contributed by atoms with Gasteiger partial charge in [0.05, 0.1) is 12.0 Å². The van der Waals surface area contributed by atoms with Gasteiger partial charge in [-0.2, -0.15) is 0 Å². The highest BCUT2D eigenvalue weighted by Gasteiger charge is 2.19. The third-order valence-corrected chi connectivity index (χ3v) is 2.91. The Balaban J connectivity index is 3.01. The second kappa shape index (κ2) is 6.14. The molecule has 0 saturated heterocycles. The van der Waals surface area contributed by atoms with Crippen molar-refractivity contribution in [3.8, 4) is 5.75 Å². The quantitative estimate of drug-likeness (QED) is 0.621. The summed E-state index contributed by atoms with van der Waals surface area (Å²) in [6.07, 6.45) is 0. The van der Waals surface area contributed by atoms with E-state index in [1.54, 1.807) is 18.9 Å². The van der Waals surface area contributed by atoms with Gasteiger partial charge in [-0.25, -0.2) is 0 Å². The van der Waals surface area contributed by atoms with E-state index in [9.17, 15) is 14.9 Å². The van der Waals surface area contributed by atoms with Crippen LogP contribution in [0.4, 0.5) is 5.69 Å². The van der Waals surface area contributed by atoms with Crippen molar-refractivity contribution in [2.75, 3.05) is 14.2 Å². The van der Waals surface area contributed by atoms with Crippen molar-refractivity contribution in [1.82, 2.24) is 4.90 Å². The minimum absolute atomic E-state index is 0.0489. The second-order valence-electron chi connectivity index (χ2n) is 4.18. The lowest BCUT2D eigenvalue weighted by Crippen LogP contribution is -2.35. The molecule has 1 aromatic rings.